The summed E-state index contributed by atoms with van der Waals surface area (Å²) in [6.07, 6.45) is 6.51. The summed E-state index contributed by atoms with van der Waals surface area (Å²) in [5.41, 5.74) is 2.77. The zero-order valence-electron chi connectivity index (χ0n) is 14.6. The molecule has 0 spiro atoms. The van der Waals surface area contributed by atoms with Crippen molar-refractivity contribution in [2.24, 2.45) is 0 Å². The van der Waals surface area contributed by atoms with Gasteiger partial charge in [0.25, 0.3) is 0 Å². The first-order valence-electron chi connectivity index (χ1n) is 9.08. The number of rotatable bonds is 3. The molecule has 0 saturated carbocycles. The average Bonchev–Trinajstić information content (AvgIpc) is 3.07. The Labute approximate surface area is 156 Å². The lowest BCUT2D eigenvalue weighted by atomic mass is 10.0. The topological polar surface area (TPSA) is 54.4 Å². The first kappa shape index (κ1) is 16.1. The van der Waals surface area contributed by atoms with Crippen LogP contribution in [0.15, 0.2) is 30.9 Å². The number of hydrogen-bond donors (Lipinski definition) is 0. The fourth-order valence-corrected chi connectivity index (χ4v) is 5.08. The molecule has 7 heteroatoms. The minimum Gasteiger partial charge on any atom is -0.378 e. The maximum Gasteiger partial charge on any atom is 0.141 e. The summed E-state index contributed by atoms with van der Waals surface area (Å²) in [6, 6.07) is 4.20. The van der Waals surface area contributed by atoms with Gasteiger partial charge in [-0.1, -0.05) is 0 Å². The molecule has 0 unspecified atom stereocenters. The molecule has 6 nitrogen and oxygen atoms in total. The van der Waals surface area contributed by atoms with Gasteiger partial charge in [-0.2, -0.15) is 0 Å². The first-order valence-corrected chi connectivity index (χ1v) is 9.89. The van der Waals surface area contributed by atoms with Crippen LogP contribution in [0.25, 0.3) is 10.2 Å². The minimum atomic E-state index is 0.775. The van der Waals surface area contributed by atoms with Crippen LogP contribution < -0.4 is 4.90 Å². The van der Waals surface area contributed by atoms with E-state index in [1.807, 2.05) is 23.7 Å². The van der Waals surface area contributed by atoms with Crippen LogP contribution in [0.4, 0.5) is 5.82 Å². The van der Waals surface area contributed by atoms with Crippen LogP contribution >= 0.6 is 11.3 Å². The number of fused-ring (bicyclic) bond motifs is 3. The number of aromatic nitrogens is 3. The Morgan fingerprint density at radius 1 is 1.08 bits per heavy atom. The Morgan fingerprint density at radius 2 is 1.92 bits per heavy atom. The summed E-state index contributed by atoms with van der Waals surface area (Å²) in [6.45, 7) is 6.39. The number of hydrogen-bond acceptors (Lipinski definition) is 7. The summed E-state index contributed by atoms with van der Waals surface area (Å²) in [7, 11) is 0. The predicted octanol–water partition coefficient (Wildman–Crippen LogP) is 2.48. The molecule has 0 amide bonds. The average molecular weight is 367 g/mol. The van der Waals surface area contributed by atoms with Gasteiger partial charge in [0.05, 0.1) is 18.6 Å². The van der Waals surface area contributed by atoms with Gasteiger partial charge in [-0.25, -0.2) is 9.97 Å². The van der Waals surface area contributed by atoms with Crippen LogP contribution in [0, 0.1) is 0 Å². The summed E-state index contributed by atoms with van der Waals surface area (Å²) in [4.78, 5) is 20.8. The number of anilines is 1. The summed E-state index contributed by atoms with van der Waals surface area (Å²) in [5, 5.41) is 1.28. The molecule has 26 heavy (non-hydrogen) atoms. The second-order valence-electron chi connectivity index (χ2n) is 6.80. The zero-order valence-corrected chi connectivity index (χ0v) is 15.4. The normalized spacial score (nSPS) is 18.2. The van der Waals surface area contributed by atoms with E-state index >= 15 is 0 Å². The van der Waals surface area contributed by atoms with Gasteiger partial charge in [0, 0.05) is 50.0 Å². The molecule has 0 aliphatic carbocycles. The Kier molecular flexibility index (Phi) is 4.28. The van der Waals surface area contributed by atoms with E-state index in [-0.39, 0.29) is 0 Å². The van der Waals surface area contributed by atoms with Crippen molar-refractivity contribution < 1.29 is 4.74 Å². The van der Waals surface area contributed by atoms with Crippen LogP contribution in [0.2, 0.25) is 0 Å². The third-order valence-corrected chi connectivity index (χ3v) is 6.29. The largest absolute Gasteiger partial charge is 0.378 e. The third-order valence-electron chi connectivity index (χ3n) is 5.16. The van der Waals surface area contributed by atoms with Crippen molar-refractivity contribution in [1.29, 1.82) is 0 Å². The molecule has 0 bridgehead atoms. The van der Waals surface area contributed by atoms with E-state index in [1.54, 1.807) is 6.33 Å². The molecule has 0 aromatic carbocycles. The van der Waals surface area contributed by atoms with E-state index in [0.29, 0.717) is 0 Å². The van der Waals surface area contributed by atoms with Gasteiger partial charge in [0.15, 0.2) is 0 Å². The Hall–Kier alpha value is -2.09. The highest BCUT2D eigenvalue weighted by atomic mass is 32.1. The molecular formula is C19H21N5OS. The van der Waals surface area contributed by atoms with Crippen molar-refractivity contribution in [3.63, 3.8) is 0 Å². The van der Waals surface area contributed by atoms with Crippen LogP contribution in [0.5, 0.6) is 0 Å². The van der Waals surface area contributed by atoms with Gasteiger partial charge in [-0.3, -0.25) is 9.88 Å². The lowest BCUT2D eigenvalue weighted by Crippen LogP contribution is -2.37. The van der Waals surface area contributed by atoms with Gasteiger partial charge in [0.2, 0.25) is 0 Å². The lowest BCUT2D eigenvalue weighted by Gasteiger charge is -2.29. The summed E-state index contributed by atoms with van der Waals surface area (Å²) in [5.74, 6) is 1.10. The number of pyridine rings is 1. The van der Waals surface area contributed by atoms with Crippen molar-refractivity contribution in [3.8, 4) is 0 Å². The molecule has 3 aromatic rings. The van der Waals surface area contributed by atoms with E-state index in [2.05, 4.69) is 36.9 Å². The van der Waals surface area contributed by atoms with Crippen molar-refractivity contribution in [1.82, 2.24) is 19.9 Å². The Balaban J connectivity index is 1.45. The molecular weight excluding hydrogens is 346 g/mol. The van der Waals surface area contributed by atoms with Crippen LogP contribution in [-0.4, -0.2) is 52.7 Å². The van der Waals surface area contributed by atoms with Crippen molar-refractivity contribution in [2.45, 2.75) is 19.5 Å². The summed E-state index contributed by atoms with van der Waals surface area (Å²) >= 11 is 1.83. The highest BCUT2D eigenvalue weighted by molar-refractivity contribution is 7.19. The molecule has 5 heterocycles. The molecule has 0 N–H and O–H groups in total. The fourth-order valence-electron chi connectivity index (χ4n) is 3.86. The molecule has 2 aliphatic rings. The van der Waals surface area contributed by atoms with E-state index in [0.717, 1.165) is 63.0 Å². The van der Waals surface area contributed by atoms with Gasteiger partial charge in [-0.15, -0.1) is 11.3 Å². The molecule has 3 aromatic heterocycles. The van der Waals surface area contributed by atoms with Crippen molar-refractivity contribution in [3.05, 3.63) is 46.9 Å². The number of thiophene rings is 1. The minimum absolute atomic E-state index is 0.775. The zero-order chi connectivity index (χ0) is 17.3. The Morgan fingerprint density at radius 3 is 2.77 bits per heavy atom. The van der Waals surface area contributed by atoms with Gasteiger partial charge in [0.1, 0.15) is 17.0 Å². The Bertz CT molecular complexity index is 907. The molecule has 5 rings (SSSR count). The maximum absolute atomic E-state index is 5.50. The number of nitrogens with zero attached hydrogens (tertiary/aromatic N) is 5. The van der Waals surface area contributed by atoms with Crippen molar-refractivity contribution >= 4 is 27.4 Å². The second kappa shape index (κ2) is 6.90. The number of ether oxygens (including phenoxy) is 1. The fraction of sp³-hybridized carbons (Fsp3) is 0.421. The number of morpholine rings is 1. The highest BCUT2D eigenvalue weighted by Gasteiger charge is 2.26. The SMILES string of the molecule is c1cc(CN2CCc3c(sc4ncnc(N5CCOCC5)c34)C2)ccn1. The summed E-state index contributed by atoms with van der Waals surface area (Å²) < 4.78 is 5.50. The van der Waals surface area contributed by atoms with Gasteiger partial charge >= 0.3 is 0 Å². The van der Waals surface area contributed by atoms with Gasteiger partial charge < -0.3 is 9.64 Å². The molecule has 0 atom stereocenters. The monoisotopic (exact) mass is 367 g/mol. The van der Waals surface area contributed by atoms with E-state index < -0.39 is 0 Å². The molecule has 1 fully saturated rings. The van der Waals surface area contributed by atoms with Crippen LogP contribution in [0.3, 0.4) is 0 Å². The highest BCUT2D eigenvalue weighted by Crippen LogP contribution is 2.38. The molecule has 1 saturated heterocycles. The first-order chi connectivity index (χ1) is 12.9. The third kappa shape index (κ3) is 2.96. The second-order valence-corrected chi connectivity index (χ2v) is 7.88. The quantitative estimate of drug-likeness (QED) is 0.709. The van der Waals surface area contributed by atoms with E-state index in [9.17, 15) is 0 Å². The van der Waals surface area contributed by atoms with E-state index in [4.69, 9.17) is 4.74 Å². The molecule has 134 valence electrons. The molecule has 2 aliphatic heterocycles. The predicted molar refractivity (Wildman–Crippen MR) is 103 cm³/mol. The van der Waals surface area contributed by atoms with Crippen LogP contribution in [-0.2, 0) is 24.2 Å². The maximum atomic E-state index is 5.50. The van der Waals surface area contributed by atoms with Gasteiger partial charge in [-0.05, 0) is 29.7 Å². The standard InChI is InChI=1S/C19H21N5OS/c1-4-20-5-2-14(1)11-23-6-3-15-16(12-23)26-19-17(15)18(21-13-22-19)24-7-9-25-10-8-24/h1-2,4-5,13H,3,6-12H2. The van der Waals surface area contributed by atoms with E-state index in [1.165, 1.54) is 21.4 Å². The molecule has 0 radical (unpaired) electrons. The van der Waals surface area contributed by atoms with Crippen LogP contribution in [0.1, 0.15) is 16.0 Å². The lowest BCUT2D eigenvalue weighted by molar-refractivity contribution is 0.122. The van der Waals surface area contributed by atoms with Crippen molar-refractivity contribution in [2.75, 3.05) is 37.7 Å². The smallest absolute Gasteiger partial charge is 0.141 e.